The summed E-state index contributed by atoms with van der Waals surface area (Å²) in [7, 11) is 1.50. The van der Waals surface area contributed by atoms with Crippen LogP contribution in [-0.2, 0) is 10.7 Å². The van der Waals surface area contributed by atoms with Gasteiger partial charge in [0.05, 0.1) is 12.8 Å². The van der Waals surface area contributed by atoms with E-state index in [-0.39, 0.29) is 5.82 Å². The SMILES string of the molecule is COSNc1ccc(CN)cc1F. The van der Waals surface area contributed by atoms with Crippen LogP contribution in [0.4, 0.5) is 10.1 Å². The van der Waals surface area contributed by atoms with Gasteiger partial charge in [0, 0.05) is 6.54 Å². The summed E-state index contributed by atoms with van der Waals surface area (Å²) in [6, 6.07) is 4.80. The largest absolute Gasteiger partial charge is 0.326 e. The zero-order valence-electron chi connectivity index (χ0n) is 7.21. The zero-order chi connectivity index (χ0) is 9.68. The average molecular weight is 202 g/mol. The van der Waals surface area contributed by atoms with Crippen LogP contribution in [0.5, 0.6) is 0 Å². The molecule has 0 fully saturated rings. The van der Waals surface area contributed by atoms with Crippen LogP contribution >= 0.6 is 12.2 Å². The minimum Gasteiger partial charge on any atom is -0.326 e. The highest BCUT2D eigenvalue weighted by Crippen LogP contribution is 2.18. The fourth-order valence-corrected chi connectivity index (χ4v) is 1.19. The third kappa shape index (κ3) is 2.87. The first-order valence-electron chi connectivity index (χ1n) is 3.72. The number of nitrogens with two attached hydrogens (primary N) is 1. The molecule has 0 bridgehead atoms. The number of benzene rings is 1. The molecule has 0 spiro atoms. The Morgan fingerprint density at radius 1 is 1.62 bits per heavy atom. The molecule has 0 unspecified atom stereocenters. The van der Waals surface area contributed by atoms with Gasteiger partial charge in [-0.2, -0.15) is 0 Å². The molecule has 72 valence electrons. The van der Waals surface area contributed by atoms with Crippen molar-refractivity contribution in [2.75, 3.05) is 11.8 Å². The fourth-order valence-electron chi connectivity index (χ4n) is 0.855. The van der Waals surface area contributed by atoms with Gasteiger partial charge < -0.3 is 14.6 Å². The Labute approximate surface area is 80.8 Å². The van der Waals surface area contributed by atoms with E-state index in [9.17, 15) is 4.39 Å². The second-order valence-electron chi connectivity index (χ2n) is 2.37. The van der Waals surface area contributed by atoms with E-state index < -0.39 is 0 Å². The van der Waals surface area contributed by atoms with Crippen molar-refractivity contribution in [3.05, 3.63) is 29.6 Å². The van der Waals surface area contributed by atoms with Crippen LogP contribution in [0.2, 0.25) is 0 Å². The molecule has 1 aromatic carbocycles. The van der Waals surface area contributed by atoms with Gasteiger partial charge >= 0.3 is 0 Å². The summed E-state index contributed by atoms with van der Waals surface area (Å²) in [5.41, 5.74) is 6.51. The van der Waals surface area contributed by atoms with Gasteiger partial charge in [-0.3, -0.25) is 0 Å². The number of anilines is 1. The molecule has 0 aliphatic carbocycles. The van der Waals surface area contributed by atoms with Crippen LogP contribution in [0.3, 0.4) is 0 Å². The van der Waals surface area contributed by atoms with Gasteiger partial charge in [0.1, 0.15) is 18.0 Å². The molecule has 5 heteroatoms. The number of rotatable bonds is 4. The molecule has 0 aliphatic rings. The van der Waals surface area contributed by atoms with E-state index in [4.69, 9.17) is 5.73 Å². The van der Waals surface area contributed by atoms with E-state index in [2.05, 4.69) is 8.91 Å². The molecule has 0 saturated carbocycles. The van der Waals surface area contributed by atoms with Crippen molar-refractivity contribution in [1.82, 2.24) is 0 Å². The second-order valence-corrected chi connectivity index (χ2v) is 3.07. The van der Waals surface area contributed by atoms with Crippen molar-refractivity contribution in [2.24, 2.45) is 5.73 Å². The standard InChI is InChI=1S/C8H11FN2OS/c1-12-13-11-8-3-2-6(5-10)4-7(8)9/h2-4,11H,5,10H2,1H3. The molecule has 13 heavy (non-hydrogen) atoms. The first kappa shape index (κ1) is 10.3. The zero-order valence-corrected chi connectivity index (χ0v) is 8.03. The minimum absolute atomic E-state index is 0.326. The number of hydrogen-bond acceptors (Lipinski definition) is 4. The second kappa shape index (κ2) is 5.06. The summed E-state index contributed by atoms with van der Waals surface area (Å²) in [5, 5.41) is 0. The van der Waals surface area contributed by atoms with E-state index in [0.717, 1.165) is 17.8 Å². The van der Waals surface area contributed by atoms with Gasteiger partial charge in [0.2, 0.25) is 0 Å². The van der Waals surface area contributed by atoms with Crippen LogP contribution in [-0.4, -0.2) is 7.11 Å². The lowest BCUT2D eigenvalue weighted by molar-refractivity contribution is 0.492. The van der Waals surface area contributed by atoms with Crippen molar-refractivity contribution >= 4 is 17.9 Å². The average Bonchev–Trinajstić information content (AvgIpc) is 2.16. The normalized spacial score (nSPS) is 10.1. The lowest BCUT2D eigenvalue weighted by Gasteiger charge is -2.05. The summed E-state index contributed by atoms with van der Waals surface area (Å²) < 4.78 is 20.5. The highest BCUT2D eigenvalue weighted by Gasteiger charge is 2.01. The Morgan fingerprint density at radius 3 is 2.92 bits per heavy atom. The molecule has 0 radical (unpaired) electrons. The number of hydrogen-bond donors (Lipinski definition) is 2. The van der Waals surface area contributed by atoms with E-state index in [0.29, 0.717) is 12.2 Å². The molecule has 1 aromatic rings. The molecule has 3 N–H and O–H groups in total. The molecule has 0 heterocycles. The van der Waals surface area contributed by atoms with Crippen molar-refractivity contribution in [2.45, 2.75) is 6.54 Å². The maximum absolute atomic E-state index is 13.2. The molecule has 0 atom stereocenters. The summed E-state index contributed by atoms with van der Waals surface area (Å²) in [6.45, 7) is 0.342. The van der Waals surface area contributed by atoms with Crippen molar-refractivity contribution in [1.29, 1.82) is 0 Å². The number of nitrogens with one attached hydrogen (secondary N) is 1. The molecule has 0 amide bonds. The van der Waals surface area contributed by atoms with Crippen molar-refractivity contribution in [3.8, 4) is 0 Å². The lowest BCUT2D eigenvalue weighted by Crippen LogP contribution is -1.98. The smallest absolute Gasteiger partial charge is 0.147 e. The van der Waals surface area contributed by atoms with E-state index >= 15 is 0 Å². The van der Waals surface area contributed by atoms with E-state index in [1.165, 1.54) is 13.2 Å². The third-order valence-electron chi connectivity index (χ3n) is 1.50. The van der Waals surface area contributed by atoms with Gasteiger partial charge in [0.25, 0.3) is 0 Å². The topological polar surface area (TPSA) is 47.3 Å². The van der Waals surface area contributed by atoms with E-state index in [1.54, 1.807) is 12.1 Å². The first-order chi connectivity index (χ1) is 6.27. The summed E-state index contributed by atoms with van der Waals surface area (Å²) in [6.07, 6.45) is 0. The molecule has 0 aromatic heterocycles. The van der Waals surface area contributed by atoms with Gasteiger partial charge in [-0.1, -0.05) is 6.07 Å². The van der Waals surface area contributed by atoms with Gasteiger partial charge in [0.15, 0.2) is 0 Å². The highest BCUT2D eigenvalue weighted by molar-refractivity contribution is 7.95. The van der Waals surface area contributed by atoms with Gasteiger partial charge in [-0.15, -0.1) is 0 Å². The summed E-state index contributed by atoms with van der Waals surface area (Å²) in [5.74, 6) is -0.326. The van der Waals surface area contributed by atoms with Crippen LogP contribution < -0.4 is 10.5 Å². The quantitative estimate of drug-likeness (QED) is 0.578. The fraction of sp³-hybridized carbons (Fsp3) is 0.250. The third-order valence-corrected chi connectivity index (χ3v) is 1.97. The highest BCUT2D eigenvalue weighted by atomic mass is 32.2. The Hall–Kier alpha value is -0.780. The Kier molecular flexibility index (Phi) is 4.01. The number of halogens is 1. The lowest BCUT2D eigenvalue weighted by atomic mass is 10.2. The van der Waals surface area contributed by atoms with Gasteiger partial charge in [-0.25, -0.2) is 4.39 Å². The molecule has 3 nitrogen and oxygen atoms in total. The summed E-state index contributed by atoms with van der Waals surface area (Å²) in [4.78, 5) is 0. The molecule has 0 saturated heterocycles. The van der Waals surface area contributed by atoms with Crippen molar-refractivity contribution < 1.29 is 8.57 Å². The Balaban J connectivity index is 2.73. The van der Waals surface area contributed by atoms with Crippen molar-refractivity contribution in [3.63, 3.8) is 0 Å². The van der Waals surface area contributed by atoms with Crippen LogP contribution in [0, 0.1) is 5.82 Å². The summed E-state index contributed by atoms with van der Waals surface area (Å²) >= 11 is 0.968. The van der Waals surface area contributed by atoms with Crippen LogP contribution in [0.15, 0.2) is 18.2 Å². The van der Waals surface area contributed by atoms with E-state index in [1.807, 2.05) is 0 Å². The maximum atomic E-state index is 13.2. The molecule has 1 rings (SSSR count). The molecular formula is C8H11FN2OS. The first-order valence-corrected chi connectivity index (χ1v) is 4.46. The van der Waals surface area contributed by atoms with Crippen LogP contribution in [0.25, 0.3) is 0 Å². The predicted octanol–water partition coefficient (Wildman–Crippen LogP) is 1.91. The maximum Gasteiger partial charge on any atom is 0.147 e. The van der Waals surface area contributed by atoms with Crippen LogP contribution in [0.1, 0.15) is 5.56 Å². The molecular weight excluding hydrogens is 191 g/mol. The minimum atomic E-state index is -0.326. The monoisotopic (exact) mass is 202 g/mol. The predicted molar refractivity (Wildman–Crippen MR) is 52.5 cm³/mol. The molecule has 0 aliphatic heterocycles. The Morgan fingerprint density at radius 2 is 2.38 bits per heavy atom. The Bertz CT molecular complexity index is 283. The van der Waals surface area contributed by atoms with Gasteiger partial charge in [-0.05, 0) is 17.7 Å².